The van der Waals surface area contributed by atoms with Gasteiger partial charge in [0.25, 0.3) is 0 Å². The number of H-pyrrole nitrogens is 1. The highest BCUT2D eigenvalue weighted by atomic mass is 16.4. The topological polar surface area (TPSA) is 69.2 Å². The van der Waals surface area contributed by atoms with Crippen molar-refractivity contribution in [2.45, 2.75) is 44.6 Å². The summed E-state index contributed by atoms with van der Waals surface area (Å²) in [4.78, 5) is 20.7. The highest BCUT2D eigenvalue weighted by molar-refractivity contribution is 5.74. The van der Waals surface area contributed by atoms with E-state index in [0.29, 0.717) is 6.42 Å². The molecule has 5 nitrogen and oxygen atoms in total. The van der Waals surface area contributed by atoms with Crippen LogP contribution in [-0.2, 0) is 4.79 Å². The molecule has 1 aliphatic rings. The van der Waals surface area contributed by atoms with E-state index in [1.54, 1.807) is 12.4 Å². The fraction of sp³-hybridized carbons (Fsp3) is 0.692. The summed E-state index contributed by atoms with van der Waals surface area (Å²) in [7, 11) is 0. The number of unbranched alkanes of at least 4 members (excludes halogenated alkanes) is 2. The molecule has 1 aliphatic heterocycles. The Hall–Kier alpha value is -1.36. The number of nitrogens with zero attached hydrogens (tertiary/aromatic N) is 2. The van der Waals surface area contributed by atoms with Gasteiger partial charge in [0.15, 0.2) is 0 Å². The lowest BCUT2D eigenvalue weighted by Gasteiger charge is -2.20. The second kappa shape index (κ2) is 6.00. The highest BCUT2D eigenvalue weighted by Gasteiger charge is 2.37. The maximum Gasteiger partial charge on any atom is 0.320 e. The standard InChI is InChI=1S/C13H21N3O2/c1-2-3-4-7-16-9-10(8-11(16)13(17)18)12-14-5-6-15-12/h5-6,10-11H,2-4,7-9H2,1H3,(H,14,15)(H,17,18). The summed E-state index contributed by atoms with van der Waals surface area (Å²) in [6, 6.07) is -0.350. The van der Waals surface area contributed by atoms with Gasteiger partial charge < -0.3 is 10.1 Å². The van der Waals surface area contributed by atoms with Crippen molar-refractivity contribution in [2.75, 3.05) is 13.1 Å². The van der Waals surface area contributed by atoms with Crippen LogP contribution >= 0.6 is 0 Å². The van der Waals surface area contributed by atoms with Crippen LogP contribution in [-0.4, -0.2) is 45.1 Å². The number of aliphatic carboxylic acids is 1. The molecule has 2 unspecified atom stereocenters. The zero-order chi connectivity index (χ0) is 13.0. The van der Waals surface area contributed by atoms with E-state index < -0.39 is 5.97 Å². The van der Waals surface area contributed by atoms with Gasteiger partial charge in [-0.05, 0) is 19.4 Å². The molecule has 1 aromatic heterocycles. The smallest absolute Gasteiger partial charge is 0.320 e. The molecule has 2 N–H and O–H groups in total. The molecule has 0 aromatic carbocycles. The van der Waals surface area contributed by atoms with Gasteiger partial charge >= 0.3 is 5.97 Å². The number of hydrogen-bond donors (Lipinski definition) is 2. The molecule has 2 rings (SSSR count). The average Bonchev–Trinajstić information content (AvgIpc) is 2.97. The normalized spacial score (nSPS) is 24.5. The number of imidazole rings is 1. The fourth-order valence-electron chi connectivity index (χ4n) is 2.67. The molecule has 2 atom stereocenters. The minimum atomic E-state index is -0.708. The molecule has 2 heterocycles. The van der Waals surface area contributed by atoms with E-state index in [-0.39, 0.29) is 12.0 Å². The van der Waals surface area contributed by atoms with Gasteiger partial charge in [-0.2, -0.15) is 0 Å². The minimum Gasteiger partial charge on any atom is -0.480 e. The number of carboxylic acid groups (broad SMARTS) is 1. The van der Waals surface area contributed by atoms with Crippen LogP contribution in [0, 0.1) is 0 Å². The van der Waals surface area contributed by atoms with E-state index in [1.165, 1.54) is 0 Å². The van der Waals surface area contributed by atoms with Crippen LogP contribution in [0.2, 0.25) is 0 Å². The van der Waals surface area contributed by atoms with Crippen LogP contribution in [0.25, 0.3) is 0 Å². The maximum atomic E-state index is 11.3. The molecule has 0 radical (unpaired) electrons. The first kappa shape index (κ1) is 13.1. The largest absolute Gasteiger partial charge is 0.480 e. The molecule has 5 heteroatoms. The number of carboxylic acids is 1. The number of nitrogens with one attached hydrogen (secondary N) is 1. The monoisotopic (exact) mass is 251 g/mol. The summed E-state index contributed by atoms with van der Waals surface area (Å²) < 4.78 is 0. The van der Waals surface area contributed by atoms with E-state index in [4.69, 9.17) is 0 Å². The van der Waals surface area contributed by atoms with E-state index in [1.807, 2.05) is 0 Å². The Balaban J connectivity index is 1.97. The van der Waals surface area contributed by atoms with Crippen molar-refractivity contribution in [3.63, 3.8) is 0 Å². The molecule has 0 bridgehead atoms. The third-order valence-electron chi connectivity index (χ3n) is 3.64. The summed E-state index contributed by atoms with van der Waals surface area (Å²) >= 11 is 0. The van der Waals surface area contributed by atoms with Gasteiger partial charge in [0.1, 0.15) is 11.9 Å². The van der Waals surface area contributed by atoms with Crippen LogP contribution in [0.5, 0.6) is 0 Å². The van der Waals surface area contributed by atoms with Gasteiger partial charge in [0, 0.05) is 24.9 Å². The number of carbonyl (C=O) groups is 1. The lowest BCUT2D eigenvalue weighted by Crippen LogP contribution is -2.36. The van der Waals surface area contributed by atoms with Crippen LogP contribution < -0.4 is 0 Å². The summed E-state index contributed by atoms with van der Waals surface area (Å²) in [5, 5.41) is 9.28. The maximum absolute atomic E-state index is 11.3. The van der Waals surface area contributed by atoms with Gasteiger partial charge in [0.05, 0.1) is 0 Å². The van der Waals surface area contributed by atoms with Gasteiger partial charge in [-0.3, -0.25) is 9.69 Å². The van der Waals surface area contributed by atoms with Crippen LogP contribution in [0.15, 0.2) is 12.4 Å². The zero-order valence-electron chi connectivity index (χ0n) is 10.8. The quantitative estimate of drug-likeness (QED) is 0.757. The average molecular weight is 251 g/mol. The number of rotatable bonds is 6. The number of hydrogen-bond acceptors (Lipinski definition) is 3. The van der Waals surface area contributed by atoms with Gasteiger partial charge in [-0.25, -0.2) is 4.98 Å². The molecule has 1 saturated heterocycles. The first-order chi connectivity index (χ1) is 8.72. The molecule has 0 saturated carbocycles. The summed E-state index contributed by atoms with van der Waals surface area (Å²) in [5.74, 6) is 0.433. The summed E-state index contributed by atoms with van der Waals surface area (Å²) in [6.07, 6.45) is 7.58. The van der Waals surface area contributed by atoms with Crippen molar-refractivity contribution in [1.82, 2.24) is 14.9 Å². The SMILES string of the molecule is CCCCCN1CC(c2ncc[nH]2)CC1C(=O)O. The predicted molar refractivity (Wildman–Crippen MR) is 68.5 cm³/mol. The van der Waals surface area contributed by atoms with E-state index in [9.17, 15) is 9.90 Å². The second-order valence-corrected chi connectivity index (χ2v) is 4.96. The van der Waals surface area contributed by atoms with E-state index >= 15 is 0 Å². The molecule has 0 amide bonds. The van der Waals surface area contributed by atoms with Crippen molar-refractivity contribution >= 4 is 5.97 Å². The van der Waals surface area contributed by atoms with Crippen LogP contribution in [0.1, 0.15) is 44.3 Å². The minimum absolute atomic E-state index is 0.225. The zero-order valence-corrected chi connectivity index (χ0v) is 10.8. The Morgan fingerprint density at radius 2 is 2.44 bits per heavy atom. The third-order valence-corrected chi connectivity index (χ3v) is 3.64. The van der Waals surface area contributed by atoms with Crippen molar-refractivity contribution in [1.29, 1.82) is 0 Å². The Bertz CT molecular complexity index is 378. The lowest BCUT2D eigenvalue weighted by atomic mass is 10.1. The molecular weight excluding hydrogens is 230 g/mol. The van der Waals surface area contributed by atoms with Gasteiger partial charge in [-0.1, -0.05) is 19.8 Å². The molecule has 1 aromatic rings. The fourth-order valence-corrected chi connectivity index (χ4v) is 2.67. The number of aromatic nitrogens is 2. The second-order valence-electron chi connectivity index (χ2n) is 4.96. The highest BCUT2D eigenvalue weighted by Crippen LogP contribution is 2.30. The van der Waals surface area contributed by atoms with E-state index in [0.717, 1.165) is 38.2 Å². The molecular formula is C13H21N3O2. The number of likely N-dealkylation sites (tertiary alicyclic amines) is 1. The van der Waals surface area contributed by atoms with E-state index in [2.05, 4.69) is 21.8 Å². The van der Waals surface area contributed by atoms with Crippen LogP contribution in [0.3, 0.4) is 0 Å². The first-order valence-electron chi connectivity index (χ1n) is 6.68. The molecule has 0 spiro atoms. The Morgan fingerprint density at radius 3 is 3.06 bits per heavy atom. The Morgan fingerprint density at radius 1 is 1.61 bits per heavy atom. The van der Waals surface area contributed by atoms with Gasteiger partial charge in [0.2, 0.25) is 0 Å². The first-order valence-corrected chi connectivity index (χ1v) is 6.68. The molecule has 1 fully saturated rings. The van der Waals surface area contributed by atoms with Crippen molar-refractivity contribution < 1.29 is 9.90 Å². The van der Waals surface area contributed by atoms with Crippen LogP contribution in [0.4, 0.5) is 0 Å². The van der Waals surface area contributed by atoms with Crippen molar-refractivity contribution in [3.8, 4) is 0 Å². The predicted octanol–water partition coefficient (Wildman–Crippen LogP) is 1.84. The lowest BCUT2D eigenvalue weighted by molar-refractivity contribution is -0.142. The third kappa shape index (κ3) is 2.90. The summed E-state index contributed by atoms with van der Waals surface area (Å²) in [6.45, 7) is 3.83. The molecule has 18 heavy (non-hydrogen) atoms. The Kier molecular flexibility index (Phi) is 4.36. The molecule has 100 valence electrons. The number of aromatic amines is 1. The summed E-state index contributed by atoms with van der Waals surface area (Å²) in [5.41, 5.74) is 0. The Labute approximate surface area is 107 Å². The van der Waals surface area contributed by atoms with Gasteiger partial charge in [-0.15, -0.1) is 0 Å². The molecule has 0 aliphatic carbocycles. The van der Waals surface area contributed by atoms with Crippen molar-refractivity contribution in [2.24, 2.45) is 0 Å². The van der Waals surface area contributed by atoms with Crippen molar-refractivity contribution in [3.05, 3.63) is 18.2 Å².